The van der Waals surface area contributed by atoms with Crippen LogP contribution in [0.25, 0.3) is 0 Å². The largest absolute Gasteiger partial charge is 0.480 e. The molecule has 0 unspecified atom stereocenters. The molecule has 20 heavy (non-hydrogen) atoms. The number of carbonyl (C=O) groups is 2. The SMILES string of the molecule is CCCc1ccc(C(=O)N[C@H](CC(C)C)C(=O)O)cc1. The molecule has 1 aromatic rings. The number of hydrogen-bond donors (Lipinski definition) is 2. The summed E-state index contributed by atoms with van der Waals surface area (Å²) in [6.45, 7) is 5.97. The van der Waals surface area contributed by atoms with Crippen molar-refractivity contribution in [1.29, 1.82) is 0 Å². The van der Waals surface area contributed by atoms with E-state index >= 15 is 0 Å². The molecule has 0 spiro atoms. The maximum Gasteiger partial charge on any atom is 0.326 e. The molecule has 0 aromatic heterocycles. The second kappa shape index (κ2) is 7.68. The maximum absolute atomic E-state index is 12.0. The van der Waals surface area contributed by atoms with Gasteiger partial charge in [-0.15, -0.1) is 0 Å². The minimum absolute atomic E-state index is 0.211. The second-order valence-corrected chi connectivity index (χ2v) is 5.44. The molecular weight excluding hydrogens is 254 g/mol. The van der Waals surface area contributed by atoms with Crippen LogP contribution in [0.4, 0.5) is 0 Å². The van der Waals surface area contributed by atoms with E-state index in [1.54, 1.807) is 12.1 Å². The lowest BCUT2D eigenvalue weighted by Crippen LogP contribution is -2.41. The van der Waals surface area contributed by atoms with E-state index in [1.807, 2.05) is 26.0 Å². The molecule has 0 aliphatic heterocycles. The molecule has 0 heterocycles. The van der Waals surface area contributed by atoms with Crippen molar-refractivity contribution >= 4 is 11.9 Å². The molecule has 1 aromatic carbocycles. The third-order valence-corrected chi connectivity index (χ3v) is 3.07. The molecule has 1 rings (SSSR count). The van der Waals surface area contributed by atoms with Crippen LogP contribution >= 0.6 is 0 Å². The first-order valence-corrected chi connectivity index (χ1v) is 7.06. The van der Waals surface area contributed by atoms with Gasteiger partial charge in [0.2, 0.25) is 0 Å². The zero-order valence-corrected chi connectivity index (χ0v) is 12.3. The predicted molar refractivity (Wildman–Crippen MR) is 78.8 cm³/mol. The summed E-state index contributed by atoms with van der Waals surface area (Å²) < 4.78 is 0. The molecule has 1 atom stereocenters. The first kappa shape index (κ1) is 16.2. The molecule has 0 bridgehead atoms. The number of nitrogens with one attached hydrogen (secondary N) is 1. The molecule has 0 radical (unpaired) electrons. The molecule has 4 heteroatoms. The van der Waals surface area contributed by atoms with Gasteiger partial charge in [-0.2, -0.15) is 0 Å². The second-order valence-electron chi connectivity index (χ2n) is 5.44. The Morgan fingerprint density at radius 3 is 2.25 bits per heavy atom. The van der Waals surface area contributed by atoms with Crippen molar-refractivity contribution in [1.82, 2.24) is 5.32 Å². The topological polar surface area (TPSA) is 66.4 Å². The summed E-state index contributed by atoms with van der Waals surface area (Å²) in [6, 6.07) is 6.48. The average Bonchev–Trinajstić information content (AvgIpc) is 2.38. The highest BCUT2D eigenvalue weighted by Crippen LogP contribution is 2.09. The van der Waals surface area contributed by atoms with Crippen LogP contribution in [-0.4, -0.2) is 23.0 Å². The van der Waals surface area contributed by atoms with Crippen molar-refractivity contribution in [3.05, 3.63) is 35.4 Å². The van der Waals surface area contributed by atoms with Crippen molar-refractivity contribution in [3.63, 3.8) is 0 Å². The highest BCUT2D eigenvalue weighted by molar-refractivity contribution is 5.96. The zero-order chi connectivity index (χ0) is 15.1. The molecule has 0 aliphatic rings. The Kier molecular flexibility index (Phi) is 6.22. The zero-order valence-electron chi connectivity index (χ0n) is 12.3. The van der Waals surface area contributed by atoms with Crippen molar-refractivity contribution in [2.45, 2.75) is 46.1 Å². The molecule has 110 valence electrons. The number of benzene rings is 1. The van der Waals surface area contributed by atoms with E-state index in [-0.39, 0.29) is 11.8 Å². The summed E-state index contributed by atoms with van der Waals surface area (Å²) in [5.74, 6) is -1.11. The smallest absolute Gasteiger partial charge is 0.326 e. The summed E-state index contributed by atoms with van der Waals surface area (Å²) in [5, 5.41) is 11.7. The summed E-state index contributed by atoms with van der Waals surface area (Å²) in [7, 11) is 0. The number of carboxylic acids is 1. The van der Waals surface area contributed by atoms with Gasteiger partial charge in [0.05, 0.1) is 0 Å². The lowest BCUT2D eigenvalue weighted by Gasteiger charge is -2.16. The Morgan fingerprint density at radius 1 is 1.20 bits per heavy atom. The standard InChI is InChI=1S/C16H23NO3/c1-4-5-12-6-8-13(9-7-12)15(18)17-14(16(19)20)10-11(2)3/h6-9,11,14H,4-5,10H2,1-3H3,(H,17,18)(H,19,20)/t14-/m1/s1. The van der Waals surface area contributed by atoms with Gasteiger partial charge in [0.1, 0.15) is 6.04 Å². The Labute approximate surface area is 120 Å². The number of aryl methyl sites for hydroxylation is 1. The number of carboxylic acid groups (broad SMARTS) is 1. The summed E-state index contributed by atoms with van der Waals surface area (Å²) in [4.78, 5) is 23.2. The fourth-order valence-corrected chi connectivity index (χ4v) is 2.05. The van der Waals surface area contributed by atoms with Crippen LogP contribution in [0.2, 0.25) is 0 Å². The van der Waals surface area contributed by atoms with Crippen LogP contribution in [0.5, 0.6) is 0 Å². The van der Waals surface area contributed by atoms with E-state index in [0.29, 0.717) is 12.0 Å². The van der Waals surface area contributed by atoms with E-state index in [0.717, 1.165) is 12.8 Å². The monoisotopic (exact) mass is 277 g/mol. The van der Waals surface area contributed by atoms with Gasteiger partial charge in [0.25, 0.3) is 5.91 Å². The van der Waals surface area contributed by atoms with Gasteiger partial charge in [-0.1, -0.05) is 39.3 Å². The van der Waals surface area contributed by atoms with Gasteiger partial charge in [0.15, 0.2) is 0 Å². The van der Waals surface area contributed by atoms with Gasteiger partial charge in [-0.3, -0.25) is 4.79 Å². The quantitative estimate of drug-likeness (QED) is 0.805. The molecule has 2 N–H and O–H groups in total. The highest BCUT2D eigenvalue weighted by Gasteiger charge is 2.21. The van der Waals surface area contributed by atoms with Crippen molar-refractivity contribution < 1.29 is 14.7 Å². The normalized spacial score (nSPS) is 12.2. The van der Waals surface area contributed by atoms with Gasteiger partial charge >= 0.3 is 5.97 Å². The van der Waals surface area contributed by atoms with Crippen LogP contribution in [0.15, 0.2) is 24.3 Å². The fourth-order valence-electron chi connectivity index (χ4n) is 2.05. The van der Waals surface area contributed by atoms with Crippen LogP contribution in [0, 0.1) is 5.92 Å². The minimum Gasteiger partial charge on any atom is -0.480 e. The minimum atomic E-state index is -0.991. The summed E-state index contributed by atoms with van der Waals surface area (Å²) in [6.07, 6.45) is 2.46. The first-order valence-electron chi connectivity index (χ1n) is 7.06. The molecule has 0 saturated carbocycles. The van der Waals surface area contributed by atoms with E-state index in [2.05, 4.69) is 12.2 Å². The van der Waals surface area contributed by atoms with Crippen LogP contribution in [-0.2, 0) is 11.2 Å². The van der Waals surface area contributed by atoms with Crippen molar-refractivity contribution in [3.8, 4) is 0 Å². The Hall–Kier alpha value is -1.84. The molecule has 1 amide bonds. The number of rotatable bonds is 7. The Balaban J connectivity index is 2.70. The van der Waals surface area contributed by atoms with Crippen LogP contribution in [0.3, 0.4) is 0 Å². The van der Waals surface area contributed by atoms with Crippen LogP contribution < -0.4 is 5.32 Å². The molecule has 0 saturated heterocycles. The Bertz CT molecular complexity index is 451. The van der Waals surface area contributed by atoms with Crippen molar-refractivity contribution in [2.24, 2.45) is 5.92 Å². The van der Waals surface area contributed by atoms with Gasteiger partial charge in [-0.25, -0.2) is 4.79 Å². The lowest BCUT2D eigenvalue weighted by atomic mass is 10.0. The van der Waals surface area contributed by atoms with Crippen molar-refractivity contribution in [2.75, 3.05) is 0 Å². The maximum atomic E-state index is 12.0. The predicted octanol–water partition coefficient (Wildman–Crippen LogP) is 2.87. The van der Waals surface area contributed by atoms with E-state index < -0.39 is 12.0 Å². The van der Waals surface area contributed by atoms with Crippen LogP contribution in [0.1, 0.15) is 49.5 Å². The number of hydrogen-bond acceptors (Lipinski definition) is 2. The van der Waals surface area contributed by atoms with E-state index in [4.69, 9.17) is 5.11 Å². The summed E-state index contributed by atoms with van der Waals surface area (Å²) >= 11 is 0. The van der Waals surface area contributed by atoms with Gasteiger partial charge < -0.3 is 10.4 Å². The molecule has 0 aliphatic carbocycles. The third-order valence-electron chi connectivity index (χ3n) is 3.07. The van der Waals surface area contributed by atoms with E-state index in [1.165, 1.54) is 5.56 Å². The van der Waals surface area contributed by atoms with Gasteiger partial charge in [0, 0.05) is 5.56 Å². The summed E-state index contributed by atoms with van der Waals surface area (Å²) in [5.41, 5.74) is 1.68. The third kappa shape index (κ3) is 5.03. The fraction of sp³-hybridized carbons (Fsp3) is 0.500. The number of aliphatic carboxylic acids is 1. The van der Waals surface area contributed by atoms with E-state index in [9.17, 15) is 9.59 Å². The highest BCUT2D eigenvalue weighted by atomic mass is 16.4. The average molecular weight is 277 g/mol. The molecule has 4 nitrogen and oxygen atoms in total. The lowest BCUT2D eigenvalue weighted by molar-refractivity contribution is -0.139. The Morgan fingerprint density at radius 2 is 1.80 bits per heavy atom. The van der Waals surface area contributed by atoms with Gasteiger partial charge in [-0.05, 0) is 36.5 Å². The number of carbonyl (C=O) groups excluding carboxylic acids is 1. The molecule has 0 fully saturated rings. The molecular formula is C16H23NO3. The first-order chi connectivity index (χ1) is 9.43. The number of amides is 1.